The number of methoxy groups -OCH3 is 2. The molecule has 8 nitrogen and oxygen atoms in total. The van der Waals surface area contributed by atoms with Crippen molar-refractivity contribution in [1.29, 1.82) is 0 Å². The van der Waals surface area contributed by atoms with Gasteiger partial charge < -0.3 is 24.7 Å². The van der Waals surface area contributed by atoms with E-state index in [1.54, 1.807) is 18.2 Å². The second kappa shape index (κ2) is 6.65. The van der Waals surface area contributed by atoms with Gasteiger partial charge in [0.05, 0.1) is 14.2 Å². The lowest BCUT2D eigenvalue weighted by Crippen LogP contribution is -2.16. The molecule has 120 valence electrons. The first-order chi connectivity index (χ1) is 10.9. The first-order valence-electron chi connectivity index (χ1n) is 6.42. The molecule has 2 aromatic rings. The highest BCUT2D eigenvalue weighted by Gasteiger charge is 2.10. The molecule has 0 amide bonds. The average Bonchev–Trinajstić information content (AvgIpc) is 2.53. The number of nitrogens with one attached hydrogen (secondary N) is 1. The van der Waals surface area contributed by atoms with Gasteiger partial charge in [0, 0.05) is 5.69 Å². The van der Waals surface area contributed by atoms with Crippen LogP contribution in [-0.4, -0.2) is 40.4 Å². The molecule has 1 heterocycles. The number of carboxylic acids is 1. The van der Waals surface area contributed by atoms with E-state index in [0.717, 1.165) is 0 Å². The molecule has 23 heavy (non-hydrogen) atoms. The second-order valence-electron chi connectivity index (χ2n) is 4.44. The minimum Gasteiger partial charge on any atom is -0.502 e. The number of hydrogen-bond donors (Lipinski definition) is 3. The van der Waals surface area contributed by atoms with E-state index in [1.807, 2.05) is 0 Å². The third kappa shape index (κ3) is 3.67. The van der Waals surface area contributed by atoms with Crippen LogP contribution in [0, 0.1) is 0 Å². The number of rotatable bonds is 5. The number of carboxylic acid groups (broad SMARTS) is 1. The first kappa shape index (κ1) is 16.1. The summed E-state index contributed by atoms with van der Waals surface area (Å²) < 4.78 is 10.1. The molecule has 0 aliphatic heterocycles. The second-order valence-corrected chi connectivity index (χ2v) is 4.44. The monoisotopic (exact) mass is 318 g/mol. The Labute approximate surface area is 130 Å². The molecular weight excluding hydrogens is 304 g/mol. The standard InChI is InChI=1S/C15H14N2O6/c1-22-11-5-8(6-12(23-2)13(11)18)3-4-9-7-10(14(19)20)17-15(21)16-9/h3-7,18H,1-2H3,(H,19,20)(H,16,17,21). The van der Waals surface area contributed by atoms with Crippen LogP contribution < -0.4 is 15.2 Å². The maximum atomic E-state index is 11.3. The van der Waals surface area contributed by atoms with Crippen LogP contribution in [0.15, 0.2) is 23.0 Å². The van der Waals surface area contributed by atoms with Crippen LogP contribution in [0.1, 0.15) is 21.7 Å². The maximum absolute atomic E-state index is 11.3. The number of phenolic OH excluding ortho intramolecular Hbond substituents is 1. The number of H-pyrrole nitrogens is 1. The number of aromatic nitrogens is 2. The molecule has 0 unspecified atom stereocenters. The van der Waals surface area contributed by atoms with Crippen molar-refractivity contribution >= 4 is 18.1 Å². The summed E-state index contributed by atoms with van der Waals surface area (Å²) in [6, 6.07) is 4.35. The minimum atomic E-state index is -1.29. The van der Waals surface area contributed by atoms with Crippen molar-refractivity contribution in [2.75, 3.05) is 14.2 Å². The molecule has 0 saturated heterocycles. The Morgan fingerprint density at radius 1 is 1.17 bits per heavy atom. The molecule has 2 rings (SSSR count). The Kier molecular flexibility index (Phi) is 4.65. The molecule has 1 aromatic carbocycles. The van der Waals surface area contributed by atoms with Crippen molar-refractivity contribution in [2.24, 2.45) is 0 Å². The fourth-order valence-electron chi connectivity index (χ4n) is 1.87. The largest absolute Gasteiger partial charge is 0.502 e. The fraction of sp³-hybridized carbons (Fsp3) is 0.133. The van der Waals surface area contributed by atoms with E-state index in [9.17, 15) is 14.7 Å². The van der Waals surface area contributed by atoms with Gasteiger partial charge in [-0.25, -0.2) is 9.59 Å². The number of aromatic amines is 1. The molecule has 0 bridgehead atoms. The summed E-state index contributed by atoms with van der Waals surface area (Å²) in [6.45, 7) is 0. The van der Waals surface area contributed by atoms with Gasteiger partial charge in [0.2, 0.25) is 5.75 Å². The highest BCUT2D eigenvalue weighted by molar-refractivity contribution is 5.86. The lowest BCUT2D eigenvalue weighted by molar-refractivity contribution is 0.0690. The zero-order valence-electron chi connectivity index (χ0n) is 12.4. The molecule has 0 aliphatic rings. The molecule has 8 heteroatoms. The average molecular weight is 318 g/mol. The zero-order valence-corrected chi connectivity index (χ0v) is 12.4. The van der Waals surface area contributed by atoms with Crippen molar-refractivity contribution in [1.82, 2.24) is 9.97 Å². The molecule has 0 spiro atoms. The predicted octanol–water partition coefficient (Wildman–Crippen LogP) is 1.36. The Hall–Kier alpha value is -3.29. The van der Waals surface area contributed by atoms with Crippen LogP contribution in [0.3, 0.4) is 0 Å². The highest BCUT2D eigenvalue weighted by atomic mass is 16.5. The summed E-state index contributed by atoms with van der Waals surface area (Å²) in [7, 11) is 2.81. The van der Waals surface area contributed by atoms with Crippen molar-refractivity contribution < 1.29 is 24.5 Å². The van der Waals surface area contributed by atoms with Gasteiger partial charge in [0.15, 0.2) is 17.2 Å². The van der Waals surface area contributed by atoms with Gasteiger partial charge in [0.1, 0.15) is 0 Å². The lowest BCUT2D eigenvalue weighted by atomic mass is 10.1. The third-order valence-corrected chi connectivity index (χ3v) is 2.94. The maximum Gasteiger partial charge on any atom is 0.354 e. The number of aromatic carboxylic acids is 1. The van der Waals surface area contributed by atoms with E-state index in [0.29, 0.717) is 5.56 Å². The fourth-order valence-corrected chi connectivity index (χ4v) is 1.87. The van der Waals surface area contributed by atoms with E-state index in [1.165, 1.54) is 26.4 Å². The summed E-state index contributed by atoms with van der Waals surface area (Å²) in [5, 5.41) is 18.7. The van der Waals surface area contributed by atoms with E-state index >= 15 is 0 Å². The topological polar surface area (TPSA) is 122 Å². The number of ether oxygens (including phenoxy) is 2. The molecule has 0 atom stereocenters. The van der Waals surface area contributed by atoms with Crippen LogP contribution >= 0.6 is 0 Å². The SMILES string of the molecule is COc1cc(C=Cc2cc(C(=O)O)nc(=O)[nH]2)cc(OC)c1O. The molecule has 0 radical (unpaired) electrons. The minimum absolute atomic E-state index is 0.127. The Bertz CT molecular complexity index is 800. The highest BCUT2D eigenvalue weighted by Crippen LogP contribution is 2.37. The normalized spacial score (nSPS) is 10.7. The van der Waals surface area contributed by atoms with Crippen LogP contribution in [0.5, 0.6) is 17.2 Å². The molecule has 0 aliphatic carbocycles. The number of phenols is 1. The predicted molar refractivity (Wildman–Crippen MR) is 82.0 cm³/mol. The smallest absolute Gasteiger partial charge is 0.354 e. The third-order valence-electron chi connectivity index (χ3n) is 2.94. The summed E-state index contributed by atoms with van der Waals surface area (Å²) in [4.78, 5) is 28.0. The van der Waals surface area contributed by atoms with Crippen molar-refractivity contribution in [2.45, 2.75) is 0 Å². The summed E-state index contributed by atoms with van der Waals surface area (Å²) >= 11 is 0. The van der Waals surface area contributed by atoms with E-state index in [2.05, 4.69) is 9.97 Å². The summed E-state index contributed by atoms with van der Waals surface area (Å²) in [5.41, 5.74) is -0.223. The summed E-state index contributed by atoms with van der Waals surface area (Å²) in [6.07, 6.45) is 3.10. The Morgan fingerprint density at radius 3 is 2.30 bits per heavy atom. The van der Waals surface area contributed by atoms with Crippen LogP contribution in [0.4, 0.5) is 0 Å². The Morgan fingerprint density at radius 2 is 1.78 bits per heavy atom. The van der Waals surface area contributed by atoms with Gasteiger partial charge in [-0.15, -0.1) is 0 Å². The lowest BCUT2D eigenvalue weighted by Gasteiger charge is -2.09. The Balaban J connectivity index is 2.41. The van der Waals surface area contributed by atoms with Gasteiger partial charge in [-0.2, -0.15) is 4.98 Å². The number of hydrogen-bond acceptors (Lipinski definition) is 6. The number of benzene rings is 1. The van der Waals surface area contributed by atoms with Crippen LogP contribution in [-0.2, 0) is 0 Å². The quantitative estimate of drug-likeness (QED) is 0.760. The number of nitrogens with zero attached hydrogens (tertiary/aromatic N) is 1. The van der Waals surface area contributed by atoms with E-state index in [-0.39, 0.29) is 28.6 Å². The van der Waals surface area contributed by atoms with Crippen LogP contribution in [0.2, 0.25) is 0 Å². The van der Waals surface area contributed by atoms with Gasteiger partial charge in [-0.3, -0.25) is 0 Å². The summed E-state index contributed by atoms with van der Waals surface area (Å²) in [5.74, 6) is -0.978. The van der Waals surface area contributed by atoms with Gasteiger partial charge >= 0.3 is 11.7 Å². The molecule has 3 N–H and O–H groups in total. The van der Waals surface area contributed by atoms with E-state index in [4.69, 9.17) is 14.6 Å². The number of aromatic hydroxyl groups is 1. The molecule has 0 fully saturated rings. The van der Waals surface area contributed by atoms with E-state index < -0.39 is 11.7 Å². The van der Waals surface area contributed by atoms with Gasteiger partial charge in [-0.05, 0) is 29.8 Å². The zero-order chi connectivity index (χ0) is 17.0. The number of carbonyl (C=O) groups is 1. The van der Waals surface area contributed by atoms with Crippen molar-refractivity contribution in [3.63, 3.8) is 0 Å². The molecule has 1 aromatic heterocycles. The van der Waals surface area contributed by atoms with Crippen molar-refractivity contribution in [3.05, 3.63) is 45.6 Å². The first-order valence-corrected chi connectivity index (χ1v) is 6.42. The van der Waals surface area contributed by atoms with Gasteiger partial charge in [-0.1, -0.05) is 6.08 Å². The van der Waals surface area contributed by atoms with Crippen molar-refractivity contribution in [3.8, 4) is 17.2 Å². The van der Waals surface area contributed by atoms with Crippen LogP contribution in [0.25, 0.3) is 12.2 Å². The molecule has 0 saturated carbocycles. The van der Waals surface area contributed by atoms with Gasteiger partial charge in [0.25, 0.3) is 0 Å². The molecular formula is C15H14N2O6.